The molecule has 0 aliphatic rings. The van der Waals surface area contributed by atoms with Gasteiger partial charge in [0.2, 0.25) is 0 Å². The lowest BCUT2D eigenvalue weighted by atomic mass is 10.1. The van der Waals surface area contributed by atoms with Crippen molar-refractivity contribution in [1.82, 2.24) is 4.98 Å². The molecule has 1 aromatic heterocycles. The number of carbonyl (C=O) groups is 1. The summed E-state index contributed by atoms with van der Waals surface area (Å²) in [4.78, 5) is 15.8. The zero-order chi connectivity index (χ0) is 13.1. The highest BCUT2D eigenvalue weighted by Gasteiger charge is 2.13. The van der Waals surface area contributed by atoms with E-state index in [2.05, 4.69) is 10.3 Å². The Kier molecular flexibility index (Phi) is 3.58. The van der Waals surface area contributed by atoms with E-state index >= 15 is 0 Å². The zero-order valence-corrected chi connectivity index (χ0v) is 10.3. The highest BCUT2D eigenvalue weighted by molar-refractivity contribution is 6.33. The Labute approximate surface area is 109 Å². The average molecular weight is 265 g/mol. The van der Waals surface area contributed by atoms with Crippen molar-refractivity contribution < 1.29 is 9.18 Å². The number of hydrogen-bond acceptors (Lipinski definition) is 2. The molecule has 1 aromatic carbocycles. The molecule has 1 N–H and O–H groups in total. The molecule has 0 fully saturated rings. The van der Waals surface area contributed by atoms with Gasteiger partial charge in [-0.05, 0) is 36.8 Å². The molecule has 0 spiro atoms. The van der Waals surface area contributed by atoms with Gasteiger partial charge in [0, 0.05) is 6.20 Å². The van der Waals surface area contributed by atoms with E-state index in [9.17, 15) is 9.18 Å². The summed E-state index contributed by atoms with van der Waals surface area (Å²) in [6.45, 7) is 1.75. The van der Waals surface area contributed by atoms with Crippen LogP contribution in [0.1, 0.15) is 15.9 Å². The maximum atomic E-state index is 13.6. The van der Waals surface area contributed by atoms with Crippen molar-refractivity contribution in [2.24, 2.45) is 0 Å². The third-order valence-electron chi connectivity index (χ3n) is 2.36. The molecule has 0 aliphatic heterocycles. The molecule has 0 saturated carbocycles. The second kappa shape index (κ2) is 5.14. The predicted molar refractivity (Wildman–Crippen MR) is 68.3 cm³/mol. The number of benzene rings is 1. The molecular weight excluding hydrogens is 255 g/mol. The molecule has 92 valence electrons. The van der Waals surface area contributed by atoms with E-state index in [0.29, 0.717) is 5.02 Å². The number of rotatable bonds is 2. The normalized spacial score (nSPS) is 10.2. The Bertz CT molecular complexity index is 601. The fourth-order valence-electron chi connectivity index (χ4n) is 1.46. The lowest BCUT2D eigenvalue weighted by Gasteiger charge is -2.07. The molecule has 3 nitrogen and oxygen atoms in total. The van der Waals surface area contributed by atoms with Crippen molar-refractivity contribution in [3.8, 4) is 0 Å². The van der Waals surface area contributed by atoms with Crippen LogP contribution in [-0.4, -0.2) is 10.9 Å². The molecule has 0 saturated heterocycles. The summed E-state index contributed by atoms with van der Waals surface area (Å²) in [5.41, 5.74) is 0.710. The summed E-state index contributed by atoms with van der Waals surface area (Å²) >= 11 is 5.85. The van der Waals surface area contributed by atoms with Crippen LogP contribution < -0.4 is 5.32 Å². The average Bonchev–Trinajstić information content (AvgIpc) is 2.32. The number of pyridine rings is 1. The third kappa shape index (κ3) is 2.65. The molecular formula is C13H10ClFN2O. The number of aromatic nitrogens is 1. The van der Waals surface area contributed by atoms with Gasteiger partial charge >= 0.3 is 0 Å². The van der Waals surface area contributed by atoms with E-state index in [1.54, 1.807) is 25.1 Å². The summed E-state index contributed by atoms with van der Waals surface area (Å²) in [5, 5.41) is 2.77. The van der Waals surface area contributed by atoms with Crippen LogP contribution in [0.25, 0.3) is 0 Å². The van der Waals surface area contributed by atoms with Crippen molar-refractivity contribution in [1.29, 1.82) is 0 Å². The van der Waals surface area contributed by atoms with Gasteiger partial charge in [-0.15, -0.1) is 0 Å². The fourth-order valence-corrected chi connectivity index (χ4v) is 1.63. The minimum absolute atomic E-state index is 0.0395. The topological polar surface area (TPSA) is 42.0 Å². The van der Waals surface area contributed by atoms with Crippen molar-refractivity contribution in [2.45, 2.75) is 6.92 Å². The van der Waals surface area contributed by atoms with Crippen LogP contribution in [0.4, 0.5) is 10.2 Å². The minimum Gasteiger partial charge on any atom is -0.305 e. The number of anilines is 1. The quantitative estimate of drug-likeness (QED) is 0.903. The third-order valence-corrected chi connectivity index (χ3v) is 2.66. The fraction of sp³-hybridized carbons (Fsp3) is 0.0769. The first kappa shape index (κ1) is 12.5. The number of halogens is 2. The number of nitrogens with one attached hydrogen (secondary N) is 1. The monoisotopic (exact) mass is 264 g/mol. The first-order valence-corrected chi connectivity index (χ1v) is 5.64. The Morgan fingerprint density at radius 1 is 1.39 bits per heavy atom. The number of carbonyl (C=O) groups excluding carboxylic acids is 1. The Hall–Kier alpha value is -1.94. The van der Waals surface area contributed by atoms with Gasteiger partial charge in [0.1, 0.15) is 5.82 Å². The van der Waals surface area contributed by atoms with Crippen molar-refractivity contribution in [3.63, 3.8) is 0 Å². The van der Waals surface area contributed by atoms with Gasteiger partial charge in [0.15, 0.2) is 5.82 Å². The predicted octanol–water partition coefficient (Wildman–Crippen LogP) is 3.43. The van der Waals surface area contributed by atoms with E-state index in [1.807, 2.05) is 0 Å². The summed E-state index contributed by atoms with van der Waals surface area (Å²) in [6, 6.07) is 7.63. The highest BCUT2D eigenvalue weighted by atomic mass is 35.5. The number of nitrogens with zero attached hydrogens (tertiary/aromatic N) is 1. The second-order valence-electron chi connectivity index (χ2n) is 3.77. The van der Waals surface area contributed by atoms with Gasteiger partial charge in [-0.25, -0.2) is 9.37 Å². The number of aryl methyl sites for hydroxylation is 1. The van der Waals surface area contributed by atoms with Crippen molar-refractivity contribution in [2.75, 3.05) is 5.32 Å². The number of amides is 1. The summed E-state index contributed by atoms with van der Waals surface area (Å²) in [5.74, 6) is -0.934. The first-order valence-electron chi connectivity index (χ1n) is 5.26. The molecule has 0 aliphatic carbocycles. The summed E-state index contributed by atoms with van der Waals surface area (Å²) in [6.07, 6.45) is 1.49. The largest absolute Gasteiger partial charge is 0.305 e. The van der Waals surface area contributed by atoms with Crippen LogP contribution in [0.3, 0.4) is 0 Å². The zero-order valence-electron chi connectivity index (χ0n) is 9.58. The minimum atomic E-state index is -0.576. The van der Waals surface area contributed by atoms with Crippen LogP contribution in [0.15, 0.2) is 36.5 Å². The van der Waals surface area contributed by atoms with Crippen LogP contribution in [0.2, 0.25) is 5.02 Å². The van der Waals surface area contributed by atoms with E-state index in [0.717, 1.165) is 5.56 Å². The van der Waals surface area contributed by atoms with Crippen molar-refractivity contribution in [3.05, 3.63) is 58.5 Å². The Morgan fingerprint density at radius 2 is 2.17 bits per heavy atom. The van der Waals surface area contributed by atoms with E-state index in [-0.39, 0.29) is 11.4 Å². The van der Waals surface area contributed by atoms with Gasteiger partial charge in [-0.2, -0.15) is 0 Å². The van der Waals surface area contributed by atoms with Gasteiger partial charge in [0.25, 0.3) is 5.91 Å². The molecule has 2 rings (SSSR count). The summed E-state index contributed by atoms with van der Waals surface area (Å²) < 4.78 is 13.6. The second-order valence-corrected chi connectivity index (χ2v) is 4.18. The van der Waals surface area contributed by atoms with Crippen molar-refractivity contribution >= 4 is 23.3 Å². The molecule has 0 unspecified atom stereocenters. The maximum absolute atomic E-state index is 13.6. The lowest BCUT2D eigenvalue weighted by molar-refractivity contribution is 0.102. The van der Waals surface area contributed by atoms with E-state index in [4.69, 9.17) is 11.6 Å². The molecule has 1 amide bonds. The molecule has 2 aromatic rings. The van der Waals surface area contributed by atoms with Crippen LogP contribution in [-0.2, 0) is 0 Å². The highest BCUT2D eigenvalue weighted by Crippen LogP contribution is 2.19. The van der Waals surface area contributed by atoms with Gasteiger partial charge in [-0.3, -0.25) is 4.79 Å². The lowest BCUT2D eigenvalue weighted by Crippen LogP contribution is -2.15. The molecule has 0 radical (unpaired) electrons. The van der Waals surface area contributed by atoms with E-state index < -0.39 is 11.7 Å². The van der Waals surface area contributed by atoms with Gasteiger partial charge < -0.3 is 5.32 Å². The summed E-state index contributed by atoms with van der Waals surface area (Å²) in [7, 11) is 0. The SMILES string of the molecule is Cc1ccc(C(=O)Nc2ncccc2Cl)c(F)c1. The van der Waals surface area contributed by atoms with Crippen LogP contribution in [0.5, 0.6) is 0 Å². The first-order chi connectivity index (χ1) is 8.58. The van der Waals surface area contributed by atoms with Crippen LogP contribution in [0, 0.1) is 12.7 Å². The van der Waals surface area contributed by atoms with Gasteiger partial charge in [0.05, 0.1) is 10.6 Å². The molecule has 0 atom stereocenters. The maximum Gasteiger partial charge on any atom is 0.259 e. The van der Waals surface area contributed by atoms with E-state index in [1.165, 1.54) is 18.3 Å². The smallest absolute Gasteiger partial charge is 0.259 e. The molecule has 18 heavy (non-hydrogen) atoms. The molecule has 1 heterocycles. The molecule has 0 bridgehead atoms. The Balaban J connectivity index is 2.25. The van der Waals surface area contributed by atoms with Gasteiger partial charge in [-0.1, -0.05) is 17.7 Å². The standard InChI is InChI=1S/C13H10ClFN2O/c1-8-4-5-9(11(15)7-8)13(18)17-12-10(14)3-2-6-16-12/h2-7H,1H3,(H,16,17,18). The Morgan fingerprint density at radius 3 is 2.83 bits per heavy atom. The number of hydrogen-bond donors (Lipinski definition) is 1. The molecule has 5 heteroatoms. The van der Waals surface area contributed by atoms with Crippen LogP contribution >= 0.6 is 11.6 Å².